The Kier molecular flexibility index (Phi) is 4.68. The summed E-state index contributed by atoms with van der Waals surface area (Å²) in [6.07, 6.45) is 2.19. The molecular weight excluding hydrogens is 376 g/mol. The van der Waals surface area contributed by atoms with Crippen molar-refractivity contribution in [1.29, 1.82) is 0 Å². The first kappa shape index (κ1) is 18.3. The minimum Gasteiger partial charge on any atom is -0.459 e. The Hall–Kier alpha value is -3.06. The molecule has 0 aliphatic carbocycles. The minimum atomic E-state index is -3.67. The number of hydrogen-bond acceptors (Lipinski definition) is 4. The van der Waals surface area contributed by atoms with Gasteiger partial charge in [-0.25, -0.2) is 8.42 Å². The van der Waals surface area contributed by atoms with Crippen LogP contribution in [0.4, 0.5) is 5.69 Å². The van der Waals surface area contributed by atoms with Gasteiger partial charge in [0.05, 0.1) is 11.2 Å². The average Bonchev–Trinajstić information content (AvgIpc) is 3.21. The summed E-state index contributed by atoms with van der Waals surface area (Å²) in [5.41, 5.74) is 3.39. The first-order chi connectivity index (χ1) is 13.4. The monoisotopic (exact) mass is 396 g/mol. The van der Waals surface area contributed by atoms with Crippen molar-refractivity contribution in [3.63, 3.8) is 0 Å². The van der Waals surface area contributed by atoms with Gasteiger partial charge >= 0.3 is 0 Å². The number of furan rings is 1. The lowest BCUT2D eigenvalue weighted by molar-refractivity contribution is 0.0702. The topological polar surface area (TPSA) is 79.6 Å². The van der Waals surface area contributed by atoms with Gasteiger partial charge in [-0.3, -0.25) is 9.52 Å². The highest BCUT2D eigenvalue weighted by Gasteiger charge is 2.24. The predicted octanol–water partition coefficient (Wildman–Crippen LogP) is 3.59. The van der Waals surface area contributed by atoms with Crippen LogP contribution in [0.5, 0.6) is 0 Å². The van der Waals surface area contributed by atoms with Gasteiger partial charge in [-0.2, -0.15) is 0 Å². The van der Waals surface area contributed by atoms with Gasteiger partial charge in [0.15, 0.2) is 5.76 Å². The van der Waals surface area contributed by atoms with E-state index in [0.717, 1.165) is 16.7 Å². The van der Waals surface area contributed by atoms with Crippen LogP contribution in [0.1, 0.15) is 27.2 Å². The summed E-state index contributed by atoms with van der Waals surface area (Å²) >= 11 is 0. The quantitative estimate of drug-likeness (QED) is 0.731. The van der Waals surface area contributed by atoms with Gasteiger partial charge < -0.3 is 9.32 Å². The largest absolute Gasteiger partial charge is 0.459 e. The van der Waals surface area contributed by atoms with Gasteiger partial charge in [0.1, 0.15) is 0 Å². The number of nitrogens with one attached hydrogen (secondary N) is 1. The van der Waals surface area contributed by atoms with Crippen molar-refractivity contribution in [3.8, 4) is 0 Å². The SMILES string of the molecule is Cc1cccc(S(=O)(=O)Nc2ccc3c(c2)CN(C(=O)c2ccco2)CC3)c1. The highest BCUT2D eigenvalue weighted by Crippen LogP contribution is 2.25. The molecule has 1 aromatic heterocycles. The number of rotatable bonds is 4. The molecule has 0 spiro atoms. The Balaban J connectivity index is 1.56. The van der Waals surface area contributed by atoms with Crippen LogP contribution in [0.25, 0.3) is 0 Å². The van der Waals surface area contributed by atoms with Crippen molar-refractivity contribution in [2.24, 2.45) is 0 Å². The molecule has 7 heteroatoms. The number of carbonyl (C=O) groups excluding carboxylic acids is 1. The van der Waals surface area contributed by atoms with Crippen LogP contribution in [0, 0.1) is 6.92 Å². The molecule has 0 saturated heterocycles. The van der Waals surface area contributed by atoms with Gasteiger partial charge in [-0.1, -0.05) is 18.2 Å². The first-order valence-corrected chi connectivity index (χ1v) is 10.4. The highest BCUT2D eigenvalue weighted by molar-refractivity contribution is 7.92. The molecule has 2 heterocycles. The number of nitrogens with zero attached hydrogens (tertiary/aromatic N) is 1. The number of benzene rings is 2. The lowest BCUT2D eigenvalue weighted by atomic mass is 9.99. The third kappa shape index (κ3) is 3.66. The van der Waals surface area contributed by atoms with E-state index in [0.29, 0.717) is 31.0 Å². The van der Waals surface area contributed by atoms with Crippen molar-refractivity contribution in [3.05, 3.63) is 83.3 Å². The molecule has 28 heavy (non-hydrogen) atoms. The van der Waals surface area contributed by atoms with Crippen LogP contribution in [0.15, 0.2) is 70.2 Å². The van der Waals surface area contributed by atoms with Gasteiger partial charge in [-0.15, -0.1) is 0 Å². The second-order valence-corrected chi connectivity index (χ2v) is 8.54. The van der Waals surface area contributed by atoms with Crippen LogP contribution in [-0.2, 0) is 23.0 Å². The number of amides is 1. The Bertz CT molecular complexity index is 1120. The third-order valence-corrected chi connectivity index (χ3v) is 6.17. The molecule has 1 aliphatic rings. The van der Waals surface area contributed by atoms with Crippen molar-refractivity contribution in [2.75, 3.05) is 11.3 Å². The molecule has 3 aromatic rings. The number of carbonyl (C=O) groups is 1. The second-order valence-electron chi connectivity index (χ2n) is 6.86. The second kappa shape index (κ2) is 7.16. The van der Waals surface area contributed by atoms with E-state index < -0.39 is 10.0 Å². The Morgan fingerprint density at radius 3 is 2.68 bits per heavy atom. The van der Waals surface area contributed by atoms with Crippen molar-refractivity contribution in [1.82, 2.24) is 4.90 Å². The van der Waals surface area contributed by atoms with Gasteiger partial charge in [0, 0.05) is 18.8 Å². The molecule has 6 nitrogen and oxygen atoms in total. The predicted molar refractivity (Wildman–Crippen MR) is 106 cm³/mol. The van der Waals surface area contributed by atoms with Gasteiger partial charge in [-0.05, 0) is 66.4 Å². The fourth-order valence-corrected chi connectivity index (χ4v) is 4.50. The zero-order chi connectivity index (χ0) is 19.7. The lowest BCUT2D eigenvalue weighted by Crippen LogP contribution is -2.35. The maximum Gasteiger partial charge on any atom is 0.289 e. The van der Waals surface area contributed by atoms with E-state index in [1.807, 2.05) is 19.1 Å². The molecule has 1 N–H and O–H groups in total. The summed E-state index contributed by atoms with van der Waals surface area (Å²) in [5, 5.41) is 0. The maximum atomic E-state index is 12.7. The summed E-state index contributed by atoms with van der Waals surface area (Å²) in [7, 11) is -3.67. The van der Waals surface area contributed by atoms with Crippen LogP contribution >= 0.6 is 0 Å². The van der Waals surface area contributed by atoms with Crippen molar-refractivity contribution < 1.29 is 17.6 Å². The Labute approximate surface area is 163 Å². The molecule has 1 amide bonds. The van der Waals surface area contributed by atoms with E-state index in [1.165, 1.54) is 6.26 Å². The van der Waals surface area contributed by atoms with E-state index >= 15 is 0 Å². The van der Waals surface area contributed by atoms with Crippen LogP contribution in [0.3, 0.4) is 0 Å². The number of anilines is 1. The fraction of sp³-hybridized carbons (Fsp3) is 0.190. The number of sulfonamides is 1. The van der Waals surface area contributed by atoms with E-state index in [1.54, 1.807) is 47.4 Å². The standard InChI is InChI=1S/C21H20N2O4S/c1-15-4-2-5-19(12-15)28(25,26)22-18-8-7-16-9-10-23(14-17(16)13-18)21(24)20-6-3-11-27-20/h2-8,11-13,22H,9-10,14H2,1H3. The molecule has 0 saturated carbocycles. The molecule has 0 atom stereocenters. The van der Waals surface area contributed by atoms with E-state index in [2.05, 4.69) is 4.72 Å². The summed E-state index contributed by atoms with van der Waals surface area (Å²) in [6.45, 7) is 2.86. The molecule has 0 fully saturated rings. The molecule has 0 bridgehead atoms. The highest BCUT2D eigenvalue weighted by atomic mass is 32.2. The van der Waals surface area contributed by atoms with Crippen molar-refractivity contribution in [2.45, 2.75) is 24.8 Å². The summed E-state index contributed by atoms with van der Waals surface area (Å²) in [4.78, 5) is 14.5. The molecule has 4 rings (SSSR count). The third-order valence-electron chi connectivity index (χ3n) is 4.79. The Morgan fingerprint density at radius 1 is 1.07 bits per heavy atom. The number of hydrogen-bond donors (Lipinski definition) is 1. The molecular formula is C21H20N2O4S. The molecule has 1 aliphatic heterocycles. The fourth-order valence-electron chi connectivity index (χ4n) is 3.35. The van der Waals surface area contributed by atoms with E-state index in [9.17, 15) is 13.2 Å². The number of aryl methyl sites for hydroxylation is 1. The van der Waals surface area contributed by atoms with Crippen molar-refractivity contribution >= 4 is 21.6 Å². The first-order valence-electron chi connectivity index (χ1n) is 8.96. The molecule has 0 radical (unpaired) electrons. The average molecular weight is 396 g/mol. The number of fused-ring (bicyclic) bond motifs is 1. The zero-order valence-electron chi connectivity index (χ0n) is 15.4. The van der Waals surface area contributed by atoms with Crippen LogP contribution < -0.4 is 4.72 Å². The van der Waals surface area contributed by atoms with Gasteiger partial charge in [0.25, 0.3) is 15.9 Å². The zero-order valence-corrected chi connectivity index (χ0v) is 16.2. The summed E-state index contributed by atoms with van der Waals surface area (Å²) in [6, 6.07) is 15.6. The summed E-state index contributed by atoms with van der Waals surface area (Å²) in [5.74, 6) is 0.140. The van der Waals surface area contributed by atoms with Gasteiger partial charge in [0.2, 0.25) is 0 Å². The van der Waals surface area contributed by atoms with E-state index in [4.69, 9.17) is 4.42 Å². The van der Waals surface area contributed by atoms with E-state index in [-0.39, 0.29) is 10.8 Å². The lowest BCUT2D eigenvalue weighted by Gasteiger charge is -2.28. The molecule has 0 unspecified atom stereocenters. The van der Waals surface area contributed by atoms with Crippen LogP contribution in [0.2, 0.25) is 0 Å². The normalized spacial score (nSPS) is 13.8. The molecule has 144 valence electrons. The minimum absolute atomic E-state index is 0.165. The van der Waals surface area contributed by atoms with Crippen LogP contribution in [-0.4, -0.2) is 25.8 Å². The maximum absolute atomic E-state index is 12.7. The summed E-state index contributed by atoms with van der Waals surface area (Å²) < 4.78 is 33.2. The Morgan fingerprint density at radius 2 is 1.93 bits per heavy atom. The smallest absolute Gasteiger partial charge is 0.289 e. The molecule has 2 aromatic carbocycles.